The van der Waals surface area contributed by atoms with Gasteiger partial charge in [0.25, 0.3) is 0 Å². The molecule has 0 aliphatic carbocycles. The van der Waals surface area contributed by atoms with Gasteiger partial charge in [0.15, 0.2) is 0 Å². The van der Waals surface area contributed by atoms with E-state index in [1.54, 1.807) is 12.4 Å². The molecule has 0 fully saturated rings. The first-order valence-corrected chi connectivity index (χ1v) is 3.90. The molecule has 0 aliphatic heterocycles. The molecule has 66 valence electrons. The lowest BCUT2D eigenvalue weighted by Crippen LogP contribution is -2.00. The zero-order valence-corrected chi connectivity index (χ0v) is 6.82. The van der Waals surface area contributed by atoms with E-state index in [0.717, 1.165) is 16.6 Å². The van der Waals surface area contributed by atoms with Gasteiger partial charge < -0.3 is 10.1 Å². The molecule has 4 nitrogen and oxygen atoms in total. The van der Waals surface area contributed by atoms with E-state index in [1.165, 1.54) is 0 Å². The number of carbonyl (C=O) groups is 1. The fraction of sp³-hybridized carbons (Fsp3) is 0.111. The highest BCUT2D eigenvalue weighted by atomic mass is 16.4. The van der Waals surface area contributed by atoms with Gasteiger partial charge in [-0.2, -0.15) is 0 Å². The average Bonchev–Trinajstić information content (AvgIpc) is 2.51. The van der Waals surface area contributed by atoms with Gasteiger partial charge in [-0.3, -0.25) is 4.79 Å². The number of para-hydroxylation sites is 1. The number of aliphatic carboxylic acids is 1. The molecule has 2 aromatic rings. The molecule has 1 aromatic carbocycles. The Morgan fingerprint density at radius 3 is 3.15 bits per heavy atom. The second kappa shape index (κ2) is 2.90. The summed E-state index contributed by atoms with van der Waals surface area (Å²) in [5.41, 5.74) is 2.36. The van der Waals surface area contributed by atoms with Crippen molar-refractivity contribution in [2.75, 3.05) is 0 Å². The van der Waals surface area contributed by atoms with Crippen molar-refractivity contribution in [3.8, 4) is 0 Å². The van der Waals surface area contributed by atoms with E-state index in [-0.39, 0.29) is 6.42 Å². The Labute approximate surface area is 74.2 Å². The molecule has 0 saturated heterocycles. The molecule has 4 heteroatoms. The molecule has 2 N–H and O–H groups in total. The van der Waals surface area contributed by atoms with Gasteiger partial charge >= 0.3 is 5.97 Å². The predicted octanol–water partition coefficient (Wildman–Crippen LogP) is 1.19. The molecule has 13 heavy (non-hydrogen) atoms. The Morgan fingerprint density at radius 1 is 1.54 bits per heavy atom. The highest BCUT2D eigenvalue weighted by molar-refractivity contribution is 5.82. The van der Waals surface area contributed by atoms with E-state index in [4.69, 9.17) is 5.11 Å². The van der Waals surface area contributed by atoms with Crippen LogP contribution in [0.2, 0.25) is 0 Å². The van der Waals surface area contributed by atoms with Crippen LogP contribution < -0.4 is 0 Å². The van der Waals surface area contributed by atoms with Crippen LogP contribution in [0.3, 0.4) is 0 Å². The number of nitrogens with one attached hydrogen (secondary N) is 1. The number of hydrogen-bond donors (Lipinski definition) is 2. The van der Waals surface area contributed by atoms with E-state index >= 15 is 0 Å². The lowest BCUT2D eigenvalue weighted by molar-refractivity contribution is -0.136. The minimum Gasteiger partial charge on any atom is -0.481 e. The van der Waals surface area contributed by atoms with E-state index < -0.39 is 5.97 Å². The predicted molar refractivity (Wildman–Crippen MR) is 47.4 cm³/mol. The summed E-state index contributed by atoms with van der Waals surface area (Å²) in [5.74, 6) is -0.837. The smallest absolute Gasteiger partial charge is 0.307 e. The maximum Gasteiger partial charge on any atom is 0.307 e. The zero-order valence-electron chi connectivity index (χ0n) is 6.82. The van der Waals surface area contributed by atoms with Gasteiger partial charge in [-0.15, -0.1) is 0 Å². The van der Waals surface area contributed by atoms with Crippen LogP contribution in [0.25, 0.3) is 11.0 Å². The fourth-order valence-corrected chi connectivity index (χ4v) is 1.33. The summed E-state index contributed by atoms with van der Waals surface area (Å²) < 4.78 is 0. The highest BCUT2D eigenvalue weighted by Crippen LogP contribution is 2.14. The maximum absolute atomic E-state index is 10.5. The summed E-state index contributed by atoms with van der Waals surface area (Å²) in [6, 6.07) is 5.46. The van der Waals surface area contributed by atoms with E-state index in [0.29, 0.717) is 0 Å². The molecular formula is C9H8N2O2. The summed E-state index contributed by atoms with van der Waals surface area (Å²) in [5, 5.41) is 8.63. The van der Waals surface area contributed by atoms with Gasteiger partial charge in [0, 0.05) is 0 Å². The van der Waals surface area contributed by atoms with E-state index in [2.05, 4.69) is 9.97 Å². The third-order valence-electron chi connectivity index (χ3n) is 1.87. The largest absolute Gasteiger partial charge is 0.481 e. The van der Waals surface area contributed by atoms with Gasteiger partial charge in [0.2, 0.25) is 0 Å². The number of fused-ring (bicyclic) bond motifs is 1. The Bertz CT molecular complexity index is 448. The number of benzene rings is 1. The monoisotopic (exact) mass is 176 g/mol. The van der Waals surface area contributed by atoms with Crippen LogP contribution >= 0.6 is 0 Å². The van der Waals surface area contributed by atoms with Crippen molar-refractivity contribution in [1.82, 2.24) is 9.97 Å². The lowest BCUT2D eigenvalue weighted by Gasteiger charge is -1.96. The minimum atomic E-state index is -0.837. The van der Waals surface area contributed by atoms with Gasteiger partial charge in [-0.25, -0.2) is 4.98 Å². The van der Waals surface area contributed by atoms with Crippen LogP contribution in [0, 0.1) is 0 Å². The number of carboxylic acid groups (broad SMARTS) is 1. The molecule has 0 unspecified atom stereocenters. The molecule has 0 radical (unpaired) electrons. The van der Waals surface area contributed by atoms with Crippen molar-refractivity contribution in [3.63, 3.8) is 0 Å². The normalized spacial score (nSPS) is 10.5. The topological polar surface area (TPSA) is 66.0 Å². The van der Waals surface area contributed by atoms with E-state index in [9.17, 15) is 4.79 Å². The molecule has 0 aliphatic rings. The molecule has 0 saturated carbocycles. The molecule has 0 amide bonds. The van der Waals surface area contributed by atoms with Gasteiger partial charge in [0.05, 0.1) is 23.8 Å². The second-order valence-corrected chi connectivity index (χ2v) is 2.79. The van der Waals surface area contributed by atoms with Crippen molar-refractivity contribution < 1.29 is 9.90 Å². The fourth-order valence-electron chi connectivity index (χ4n) is 1.33. The summed E-state index contributed by atoms with van der Waals surface area (Å²) >= 11 is 0. The first-order chi connectivity index (χ1) is 6.27. The van der Waals surface area contributed by atoms with Crippen LogP contribution in [0.5, 0.6) is 0 Å². The Morgan fingerprint density at radius 2 is 2.38 bits per heavy atom. The van der Waals surface area contributed by atoms with Crippen LogP contribution in [0.4, 0.5) is 0 Å². The number of rotatable bonds is 2. The second-order valence-electron chi connectivity index (χ2n) is 2.79. The van der Waals surface area contributed by atoms with Crippen LogP contribution in [-0.4, -0.2) is 21.0 Å². The third kappa shape index (κ3) is 1.38. The van der Waals surface area contributed by atoms with Gasteiger partial charge in [0.1, 0.15) is 0 Å². The minimum absolute atomic E-state index is 0.0161. The van der Waals surface area contributed by atoms with Crippen molar-refractivity contribution in [3.05, 3.63) is 30.1 Å². The van der Waals surface area contributed by atoms with E-state index in [1.807, 2.05) is 12.1 Å². The number of carboxylic acids is 1. The molecule has 2 rings (SSSR count). The molecule has 0 spiro atoms. The van der Waals surface area contributed by atoms with Gasteiger partial charge in [-0.05, 0) is 11.6 Å². The lowest BCUT2D eigenvalue weighted by atomic mass is 10.1. The molecule has 1 aromatic heterocycles. The van der Waals surface area contributed by atoms with Crippen LogP contribution in [-0.2, 0) is 11.2 Å². The molecule has 1 heterocycles. The summed E-state index contributed by atoms with van der Waals surface area (Å²) in [6.45, 7) is 0. The number of imidazole rings is 1. The quantitative estimate of drug-likeness (QED) is 0.722. The maximum atomic E-state index is 10.5. The number of aromatic nitrogens is 2. The molecular weight excluding hydrogens is 168 g/mol. The highest BCUT2D eigenvalue weighted by Gasteiger charge is 2.06. The number of nitrogens with zero attached hydrogens (tertiary/aromatic N) is 1. The molecule has 0 atom stereocenters. The zero-order chi connectivity index (χ0) is 9.26. The first kappa shape index (κ1) is 7.79. The van der Waals surface area contributed by atoms with Crippen molar-refractivity contribution in [2.45, 2.75) is 6.42 Å². The van der Waals surface area contributed by atoms with Crippen LogP contribution in [0.15, 0.2) is 24.5 Å². The van der Waals surface area contributed by atoms with Crippen molar-refractivity contribution in [1.29, 1.82) is 0 Å². The number of H-pyrrole nitrogens is 1. The number of aromatic amines is 1. The Kier molecular flexibility index (Phi) is 1.73. The summed E-state index contributed by atoms with van der Waals surface area (Å²) in [7, 11) is 0. The van der Waals surface area contributed by atoms with Gasteiger partial charge in [-0.1, -0.05) is 12.1 Å². The first-order valence-electron chi connectivity index (χ1n) is 3.90. The SMILES string of the molecule is O=C(O)Cc1cccc2[nH]cnc12. The summed E-state index contributed by atoms with van der Waals surface area (Å²) in [4.78, 5) is 17.5. The average molecular weight is 176 g/mol. The van der Waals surface area contributed by atoms with Crippen LogP contribution in [0.1, 0.15) is 5.56 Å². The standard InChI is InChI=1S/C9H8N2O2/c12-8(13)4-6-2-1-3-7-9(6)11-5-10-7/h1-3,5H,4H2,(H,10,11)(H,12,13). The third-order valence-corrected chi connectivity index (χ3v) is 1.87. The van der Waals surface area contributed by atoms with Crippen molar-refractivity contribution in [2.24, 2.45) is 0 Å². The number of hydrogen-bond acceptors (Lipinski definition) is 2. The Hall–Kier alpha value is -1.84. The van der Waals surface area contributed by atoms with Crippen molar-refractivity contribution >= 4 is 17.0 Å². The Balaban J connectivity index is 2.54. The molecule has 0 bridgehead atoms. The summed E-state index contributed by atoms with van der Waals surface area (Å²) in [6.07, 6.45) is 1.58.